The van der Waals surface area contributed by atoms with E-state index in [-0.39, 0.29) is 30.4 Å². The molecule has 2 saturated carbocycles. The lowest BCUT2D eigenvalue weighted by molar-refractivity contribution is -0.0415. The van der Waals surface area contributed by atoms with Gasteiger partial charge < -0.3 is 9.72 Å². The molecule has 162 valence electrons. The molecule has 0 amide bonds. The number of pyridine rings is 2. The summed E-state index contributed by atoms with van der Waals surface area (Å²) in [7, 11) is 1.23. The Hall–Kier alpha value is -2.90. The molecule has 4 nitrogen and oxygen atoms in total. The molecule has 2 aliphatic carbocycles. The van der Waals surface area contributed by atoms with Crippen molar-refractivity contribution in [1.82, 2.24) is 9.97 Å². The number of nitrogens with one attached hydrogen (secondary N) is 1. The van der Waals surface area contributed by atoms with Crippen LogP contribution in [0.5, 0.6) is 5.75 Å². The van der Waals surface area contributed by atoms with Crippen LogP contribution in [0.25, 0.3) is 10.9 Å². The lowest BCUT2D eigenvalue weighted by Crippen LogP contribution is -2.23. The standard InChI is InChI=1S/C23H20F4N2O2/c1-31-22-12(2-3-16(24)21(22)25)20-11-4-6-23(26,27)15(11)8-13(20)18-9-19(30)14-10-28-7-5-17(14)29-18/h2-3,5,7,9-11,13,15,20H,4,6,8H2,1H3,(H,29,30)/t11-,13+,15-,20+/m1/s1. The molecule has 2 heterocycles. The number of methoxy groups -OCH3 is 1. The van der Waals surface area contributed by atoms with Gasteiger partial charge in [-0.3, -0.25) is 9.78 Å². The molecule has 0 unspecified atom stereocenters. The van der Waals surface area contributed by atoms with E-state index in [1.807, 2.05) is 0 Å². The molecule has 0 spiro atoms. The molecule has 8 heteroatoms. The van der Waals surface area contributed by atoms with Gasteiger partial charge in [0.2, 0.25) is 5.82 Å². The van der Waals surface area contributed by atoms with Crippen LogP contribution < -0.4 is 10.2 Å². The van der Waals surface area contributed by atoms with Crippen LogP contribution in [0.1, 0.15) is 42.4 Å². The number of benzene rings is 1. The fourth-order valence-corrected chi connectivity index (χ4v) is 5.65. The number of alkyl halides is 2. The summed E-state index contributed by atoms with van der Waals surface area (Å²) in [6.07, 6.45) is 3.15. The third-order valence-electron chi connectivity index (χ3n) is 6.97. The summed E-state index contributed by atoms with van der Waals surface area (Å²) in [4.78, 5) is 19.8. The van der Waals surface area contributed by atoms with E-state index in [0.717, 1.165) is 6.07 Å². The average molecular weight is 432 g/mol. The molecule has 0 saturated heterocycles. The van der Waals surface area contributed by atoms with E-state index in [1.54, 1.807) is 6.07 Å². The van der Waals surface area contributed by atoms with E-state index in [1.165, 1.54) is 31.6 Å². The monoisotopic (exact) mass is 432 g/mol. The highest BCUT2D eigenvalue weighted by atomic mass is 19.3. The lowest BCUT2D eigenvalue weighted by Gasteiger charge is -2.26. The van der Waals surface area contributed by atoms with E-state index in [2.05, 4.69) is 9.97 Å². The van der Waals surface area contributed by atoms with Crippen LogP contribution in [0.4, 0.5) is 17.6 Å². The summed E-state index contributed by atoms with van der Waals surface area (Å²) < 4.78 is 62.9. The Labute approximate surface area is 175 Å². The van der Waals surface area contributed by atoms with Crippen molar-refractivity contribution in [2.45, 2.75) is 37.0 Å². The molecular weight excluding hydrogens is 412 g/mol. The Morgan fingerprint density at radius 3 is 2.81 bits per heavy atom. The summed E-state index contributed by atoms with van der Waals surface area (Å²) in [5.74, 6) is -7.68. The number of hydrogen-bond donors (Lipinski definition) is 1. The van der Waals surface area contributed by atoms with Crippen LogP contribution in [-0.4, -0.2) is 23.0 Å². The van der Waals surface area contributed by atoms with Gasteiger partial charge in [-0.25, -0.2) is 13.2 Å². The van der Waals surface area contributed by atoms with E-state index in [9.17, 15) is 22.4 Å². The SMILES string of the molecule is COc1c([C@@H]2[C@@H]3CCC(F)(F)[C@@H]3C[C@H]2c2cc(=O)c3cnccc3[nH]2)ccc(F)c1F. The van der Waals surface area contributed by atoms with Crippen LogP contribution in [0, 0.1) is 23.5 Å². The molecular formula is C23H20F4N2O2. The molecule has 1 aromatic carbocycles. The zero-order valence-electron chi connectivity index (χ0n) is 16.7. The largest absolute Gasteiger partial charge is 0.493 e. The number of aromatic amines is 1. The molecule has 0 radical (unpaired) electrons. The highest BCUT2D eigenvalue weighted by Gasteiger charge is 2.59. The van der Waals surface area contributed by atoms with Gasteiger partial charge in [0.05, 0.1) is 18.0 Å². The second-order valence-corrected chi connectivity index (χ2v) is 8.43. The Morgan fingerprint density at radius 2 is 2.03 bits per heavy atom. The molecule has 31 heavy (non-hydrogen) atoms. The Balaban J connectivity index is 1.69. The van der Waals surface area contributed by atoms with E-state index >= 15 is 0 Å². The van der Waals surface area contributed by atoms with Gasteiger partial charge in [0.1, 0.15) is 0 Å². The van der Waals surface area contributed by atoms with Gasteiger partial charge in [0.15, 0.2) is 17.0 Å². The molecule has 4 atom stereocenters. The van der Waals surface area contributed by atoms with Gasteiger partial charge in [0.25, 0.3) is 5.92 Å². The number of ether oxygens (including phenoxy) is 1. The highest BCUT2D eigenvalue weighted by Crippen LogP contribution is 2.63. The first kappa shape index (κ1) is 20.0. The minimum absolute atomic E-state index is 0.136. The fourth-order valence-electron chi connectivity index (χ4n) is 5.65. The predicted octanol–water partition coefficient (Wildman–Crippen LogP) is 5.14. The van der Waals surface area contributed by atoms with Gasteiger partial charge in [-0.15, -0.1) is 0 Å². The van der Waals surface area contributed by atoms with Gasteiger partial charge in [-0.1, -0.05) is 6.07 Å². The van der Waals surface area contributed by atoms with Crippen molar-refractivity contribution in [3.05, 3.63) is 69.8 Å². The number of rotatable bonds is 3. The molecule has 0 bridgehead atoms. The van der Waals surface area contributed by atoms with E-state index in [4.69, 9.17) is 4.74 Å². The number of H-pyrrole nitrogens is 1. The molecule has 0 aliphatic heterocycles. The van der Waals surface area contributed by atoms with Crippen molar-refractivity contribution >= 4 is 10.9 Å². The number of fused-ring (bicyclic) bond motifs is 2. The van der Waals surface area contributed by atoms with Crippen LogP contribution in [0.15, 0.2) is 41.5 Å². The Kier molecular flexibility index (Phi) is 4.57. The van der Waals surface area contributed by atoms with Gasteiger partial charge >= 0.3 is 0 Å². The van der Waals surface area contributed by atoms with Crippen molar-refractivity contribution < 1.29 is 22.3 Å². The molecule has 5 rings (SSSR count). The third kappa shape index (κ3) is 3.03. The zero-order valence-corrected chi connectivity index (χ0v) is 16.7. The predicted molar refractivity (Wildman–Crippen MR) is 107 cm³/mol. The minimum atomic E-state index is -2.84. The Morgan fingerprint density at radius 1 is 1.23 bits per heavy atom. The maximum Gasteiger partial charge on any atom is 0.251 e. The molecule has 1 N–H and O–H groups in total. The zero-order chi connectivity index (χ0) is 21.9. The summed E-state index contributed by atoms with van der Waals surface area (Å²) in [5.41, 5.74) is 1.15. The quantitative estimate of drug-likeness (QED) is 0.583. The van der Waals surface area contributed by atoms with Crippen molar-refractivity contribution in [1.29, 1.82) is 0 Å². The first-order valence-corrected chi connectivity index (χ1v) is 10.2. The number of nitrogens with zero attached hydrogens (tertiary/aromatic N) is 1. The maximum atomic E-state index is 14.7. The van der Waals surface area contributed by atoms with Crippen LogP contribution in [0.3, 0.4) is 0 Å². The summed E-state index contributed by atoms with van der Waals surface area (Å²) in [5, 5.41) is 0.400. The summed E-state index contributed by atoms with van der Waals surface area (Å²) in [6, 6.07) is 5.47. The van der Waals surface area contributed by atoms with Crippen LogP contribution in [0.2, 0.25) is 0 Å². The normalized spacial score (nSPS) is 26.9. The second-order valence-electron chi connectivity index (χ2n) is 8.43. The minimum Gasteiger partial charge on any atom is -0.493 e. The van der Waals surface area contributed by atoms with Crippen molar-refractivity contribution in [2.24, 2.45) is 11.8 Å². The third-order valence-corrected chi connectivity index (χ3v) is 6.97. The highest BCUT2D eigenvalue weighted by molar-refractivity contribution is 5.77. The van der Waals surface area contributed by atoms with E-state index in [0.29, 0.717) is 22.2 Å². The summed E-state index contributed by atoms with van der Waals surface area (Å²) in [6.45, 7) is 0. The van der Waals surface area contributed by atoms with Crippen molar-refractivity contribution in [2.75, 3.05) is 7.11 Å². The smallest absolute Gasteiger partial charge is 0.251 e. The maximum absolute atomic E-state index is 14.7. The van der Waals surface area contributed by atoms with Crippen LogP contribution in [-0.2, 0) is 0 Å². The topological polar surface area (TPSA) is 55.0 Å². The van der Waals surface area contributed by atoms with Gasteiger partial charge in [-0.2, -0.15) is 4.39 Å². The first-order chi connectivity index (χ1) is 14.8. The van der Waals surface area contributed by atoms with Crippen molar-refractivity contribution in [3.8, 4) is 5.75 Å². The Bertz CT molecular complexity index is 1230. The first-order valence-electron chi connectivity index (χ1n) is 10.2. The molecule has 2 aromatic heterocycles. The number of aromatic nitrogens is 2. The molecule has 2 fully saturated rings. The number of hydrogen-bond acceptors (Lipinski definition) is 3. The van der Waals surface area contributed by atoms with E-state index < -0.39 is 41.2 Å². The van der Waals surface area contributed by atoms with Crippen LogP contribution >= 0.6 is 0 Å². The fraction of sp³-hybridized carbons (Fsp3) is 0.391. The average Bonchev–Trinajstić information content (AvgIpc) is 3.27. The molecule has 2 aliphatic rings. The lowest BCUT2D eigenvalue weighted by atomic mass is 9.80. The van der Waals surface area contributed by atoms with Gasteiger partial charge in [-0.05, 0) is 36.8 Å². The molecule has 3 aromatic rings. The van der Waals surface area contributed by atoms with Gasteiger partial charge in [0, 0.05) is 48.0 Å². The summed E-state index contributed by atoms with van der Waals surface area (Å²) >= 11 is 0. The number of halogens is 4. The van der Waals surface area contributed by atoms with Crippen molar-refractivity contribution in [3.63, 3.8) is 0 Å². The second kappa shape index (κ2) is 7.07.